The summed E-state index contributed by atoms with van der Waals surface area (Å²) in [5.74, 6) is 0. The lowest BCUT2D eigenvalue weighted by molar-refractivity contribution is 0.0138. The summed E-state index contributed by atoms with van der Waals surface area (Å²) in [7, 11) is 0. The van der Waals surface area contributed by atoms with Crippen molar-refractivity contribution in [3.8, 4) is 0 Å². The van der Waals surface area contributed by atoms with Gasteiger partial charge in [-0.3, -0.25) is 0 Å². The Hall–Kier alpha value is -1.11. The zero-order valence-corrected chi connectivity index (χ0v) is 16.7. The van der Waals surface area contributed by atoms with E-state index in [-0.39, 0.29) is 13.0 Å². The zero-order chi connectivity index (χ0) is 18.9. The Balaban J connectivity index is 2.42. The van der Waals surface area contributed by atoms with Crippen molar-refractivity contribution in [2.75, 3.05) is 6.54 Å². The fourth-order valence-corrected chi connectivity index (χ4v) is 3.52. The van der Waals surface area contributed by atoms with Crippen LogP contribution in [-0.4, -0.2) is 34.6 Å². The lowest BCUT2D eigenvalue weighted by Crippen LogP contribution is -2.34. The molecule has 144 valence electrons. The number of hydrogen-bond donors (Lipinski definition) is 3. The summed E-state index contributed by atoms with van der Waals surface area (Å²) in [4.78, 5) is 12.4. The summed E-state index contributed by atoms with van der Waals surface area (Å²) in [5, 5.41) is 25.2. The first-order valence-electron chi connectivity index (χ1n) is 9.14. The Kier molecular flexibility index (Phi) is 9.46. The van der Waals surface area contributed by atoms with E-state index in [4.69, 9.17) is 4.74 Å². The lowest BCUT2D eigenvalue weighted by atomic mass is 10.0. The van der Waals surface area contributed by atoms with Crippen molar-refractivity contribution in [3.63, 3.8) is 0 Å². The van der Waals surface area contributed by atoms with Crippen LogP contribution < -0.4 is 5.32 Å². The van der Waals surface area contributed by atoms with Crippen molar-refractivity contribution >= 4 is 17.4 Å². The molecule has 0 aliphatic carbocycles. The number of aliphatic hydroxyl groups is 2. The number of ether oxygens (including phenoxy) is 1. The summed E-state index contributed by atoms with van der Waals surface area (Å²) in [6.07, 6.45) is 3.56. The van der Waals surface area contributed by atoms with E-state index in [2.05, 4.69) is 12.2 Å². The number of thiophene rings is 1. The fraction of sp³-hybridized carbons (Fsp3) is 0.737. The Morgan fingerprint density at radius 3 is 2.64 bits per heavy atom. The fourth-order valence-electron chi connectivity index (χ4n) is 2.52. The van der Waals surface area contributed by atoms with Gasteiger partial charge in [-0.1, -0.05) is 26.2 Å². The molecule has 0 fully saturated rings. The number of carbonyl (C=O) groups excluding carboxylic acids is 1. The SMILES string of the molecule is CCCCCCc1ccsc1C(O)C(O)CCNC(=O)OC(C)(C)C. The highest BCUT2D eigenvalue weighted by Crippen LogP contribution is 2.29. The molecule has 0 aliphatic rings. The maximum Gasteiger partial charge on any atom is 0.407 e. The number of amides is 1. The topological polar surface area (TPSA) is 78.8 Å². The molecule has 25 heavy (non-hydrogen) atoms. The van der Waals surface area contributed by atoms with Gasteiger partial charge in [0, 0.05) is 11.4 Å². The van der Waals surface area contributed by atoms with Crippen LogP contribution in [0.2, 0.25) is 0 Å². The van der Waals surface area contributed by atoms with E-state index < -0.39 is 23.9 Å². The molecule has 5 nitrogen and oxygen atoms in total. The Morgan fingerprint density at radius 2 is 2.00 bits per heavy atom. The number of rotatable bonds is 10. The molecule has 1 heterocycles. The highest BCUT2D eigenvalue weighted by molar-refractivity contribution is 7.10. The standard InChI is InChI=1S/C19H33NO4S/c1-5-6-7-8-9-14-11-13-25-17(14)16(22)15(21)10-12-20-18(23)24-19(2,3)4/h11,13,15-16,21-22H,5-10,12H2,1-4H3,(H,20,23). The minimum atomic E-state index is -0.915. The molecule has 1 amide bonds. The van der Waals surface area contributed by atoms with Crippen LogP contribution in [0.5, 0.6) is 0 Å². The van der Waals surface area contributed by atoms with Gasteiger partial charge in [0.25, 0.3) is 0 Å². The van der Waals surface area contributed by atoms with Crippen molar-refractivity contribution in [3.05, 3.63) is 21.9 Å². The van der Waals surface area contributed by atoms with Gasteiger partial charge >= 0.3 is 6.09 Å². The lowest BCUT2D eigenvalue weighted by Gasteiger charge is -2.21. The number of unbranched alkanes of at least 4 members (excludes halogenated alkanes) is 3. The minimum absolute atomic E-state index is 0.254. The van der Waals surface area contributed by atoms with Gasteiger partial charge in [-0.05, 0) is 57.0 Å². The molecule has 1 rings (SSSR count). The molecule has 0 aromatic carbocycles. The van der Waals surface area contributed by atoms with Crippen LogP contribution in [-0.2, 0) is 11.2 Å². The molecule has 0 radical (unpaired) electrons. The number of aryl methyl sites for hydroxylation is 1. The molecule has 6 heteroatoms. The van der Waals surface area contributed by atoms with E-state index in [1.54, 1.807) is 20.8 Å². The van der Waals surface area contributed by atoms with Gasteiger partial charge < -0.3 is 20.3 Å². The summed E-state index contributed by atoms with van der Waals surface area (Å²) >= 11 is 1.48. The number of alkyl carbamates (subject to hydrolysis) is 1. The third kappa shape index (κ3) is 8.70. The molecular formula is C19H33NO4S. The number of nitrogens with one attached hydrogen (secondary N) is 1. The number of carbonyl (C=O) groups is 1. The predicted molar refractivity (Wildman–Crippen MR) is 102 cm³/mol. The third-order valence-electron chi connectivity index (χ3n) is 3.82. The van der Waals surface area contributed by atoms with E-state index in [1.807, 2.05) is 11.4 Å². The first-order valence-corrected chi connectivity index (χ1v) is 10.0. The maximum absolute atomic E-state index is 11.6. The van der Waals surface area contributed by atoms with E-state index >= 15 is 0 Å². The van der Waals surface area contributed by atoms with Gasteiger partial charge in [0.05, 0.1) is 6.10 Å². The van der Waals surface area contributed by atoms with Crippen molar-refractivity contribution in [1.82, 2.24) is 5.32 Å². The Labute approximate surface area is 155 Å². The van der Waals surface area contributed by atoms with E-state index in [1.165, 1.54) is 30.6 Å². The van der Waals surface area contributed by atoms with Gasteiger partial charge in [0.2, 0.25) is 0 Å². The van der Waals surface area contributed by atoms with Gasteiger partial charge in [0.15, 0.2) is 0 Å². The molecular weight excluding hydrogens is 338 g/mol. The number of hydrogen-bond acceptors (Lipinski definition) is 5. The van der Waals surface area contributed by atoms with Crippen LogP contribution in [0, 0.1) is 0 Å². The van der Waals surface area contributed by atoms with Crippen LogP contribution in [0.3, 0.4) is 0 Å². The molecule has 0 saturated heterocycles. The van der Waals surface area contributed by atoms with Gasteiger partial charge in [-0.15, -0.1) is 11.3 Å². The summed E-state index contributed by atoms with van der Waals surface area (Å²) in [5.41, 5.74) is 0.569. The van der Waals surface area contributed by atoms with E-state index in [9.17, 15) is 15.0 Å². The van der Waals surface area contributed by atoms with Gasteiger partial charge in [-0.2, -0.15) is 0 Å². The monoisotopic (exact) mass is 371 g/mol. The minimum Gasteiger partial charge on any atom is -0.444 e. The highest BCUT2D eigenvalue weighted by atomic mass is 32.1. The zero-order valence-electron chi connectivity index (χ0n) is 15.9. The van der Waals surface area contributed by atoms with Gasteiger partial charge in [0.1, 0.15) is 11.7 Å². The normalized spacial score (nSPS) is 14.2. The molecule has 1 aromatic rings. The first-order chi connectivity index (χ1) is 11.7. The molecule has 1 aromatic heterocycles. The van der Waals surface area contributed by atoms with Crippen LogP contribution in [0.4, 0.5) is 4.79 Å². The third-order valence-corrected chi connectivity index (χ3v) is 4.85. The van der Waals surface area contributed by atoms with E-state index in [0.29, 0.717) is 0 Å². The van der Waals surface area contributed by atoms with Crippen LogP contribution in [0.1, 0.15) is 76.3 Å². The van der Waals surface area contributed by atoms with Crippen molar-refractivity contribution < 1.29 is 19.7 Å². The Morgan fingerprint density at radius 1 is 1.28 bits per heavy atom. The molecule has 0 saturated carbocycles. The average Bonchev–Trinajstić information content (AvgIpc) is 2.97. The average molecular weight is 372 g/mol. The van der Waals surface area contributed by atoms with Gasteiger partial charge in [-0.25, -0.2) is 4.79 Å². The van der Waals surface area contributed by atoms with Crippen LogP contribution in [0.15, 0.2) is 11.4 Å². The predicted octanol–water partition coefficient (Wildman–Crippen LogP) is 4.18. The molecule has 2 atom stereocenters. The molecule has 0 spiro atoms. The highest BCUT2D eigenvalue weighted by Gasteiger charge is 2.23. The second kappa shape index (κ2) is 10.8. The molecule has 0 aliphatic heterocycles. The summed E-state index contributed by atoms with van der Waals surface area (Å²) in [6, 6.07) is 2.03. The quantitative estimate of drug-likeness (QED) is 0.539. The second-order valence-corrected chi connectivity index (χ2v) is 8.30. The maximum atomic E-state index is 11.6. The van der Waals surface area contributed by atoms with Crippen molar-refractivity contribution in [2.24, 2.45) is 0 Å². The van der Waals surface area contributed by atoms with Crippen LogP contribution in [0.25, 0.3) is 0 Å². The largest absolute Gasteiger partial charge is 0.444 e. The van der Waals surface area contributed by atoms with Crippen LogP contribution >= 0.6 is 11.3 Å². The molecule has 2 unspecified atom stereocenters. The van der Waals surface area contributed by atoms with Crippen molar-refractivity contribution in [1.29, 1.82) is 0 Å². The second-order valence-electron chi connectivity index (χ2n) is 7.35. The summed E-state index contributed by atoms with van der Waals surface area (Å²) < 4.78 is 5.14. The van der Waals surface area contributed by atoms with Crippen molar-refractivity contribution in [2.45, 2.75) is 84.0 Å². The molecule has 0 bridgehead atoms. The smallest absolute Gasteiger partial charge is 0.407 e. The Bertz CT molecular complexity index is 510. The number of aliphatic hydroxyl groups excluding tert-OH is 2. The van der Waals surface area contributed by atoms with E-state index in [0.717, 1.165) is 23.3 Å². The first kappa shape index (κ1) is 21.9. The summed E-state index contributed by atoms with van der Waals surface area (Å²) in [6.45, 7) is 7.82. The molecule has 3 N–H and O–H groups in total.